The summed E-state index contributed by atoms with van der Waals surface area (Å²) in [6.45, 7) is 6.46. The fraction of sp³-hybridized carbons (Fsp3) is 0.769. The Hall–Kier alpha value is -0.830. The predicted octanol–water partition coefficient (Wildman–Crippen LogP) is 2.31. The summed E-state index contributed by atoms with van der Waals surface area (Å²) in [6.07, 6.45) is 5.70. The molecule has 92 valence electrons. The van der Waals surface area contributed by atoms with Gasteiger partial charge in [0.1, 0.15) is 0 Å². The molecule has 3 N–H and O–H groups in total. The van der Waals surface area contributed by atoms with Crippen molar-refractivity contribution in [2.75, 3.05) is 0 Å². The molecule has 3 heteroatoms. The van der Waals surface area contributed by atoms with Crippen molar-refractivity contribution in [3.63, 3.8) is 0 Å². The summed E-state index contributed by atoms with van der Waals surface area (Å²) in [6, 6.07) is 0.134. The van der Waals surface area contributed by atoms with Crippen molar-refractivity contribution >= 4 is 6.21 Å². The molecule has 0 bridgehead atoms. The molecule has 3 nitrogen and oxygen atoms in total. The minimum Gasteiger partial charge on any atom is -0.391 e. The van der Waals surface area contributed by atoms with E-state index in [2.05, 4.69) is 26.1 Å². The van der Waals surface area contributed by atoms with E-state index in [-0.39, 0.29) is 12.1 Å². The van der Waals surface area contributed by atoms with Crippen molar-refractivity contribution in [1.82, 2.24) is 5.32 Å². The summed E-state index contributed by atoms with van der Waals surface area (Å²) in [5, 5.41) is 20.6. The van der Waals surface area contributed by atoms with Crippen LogP contribution < -0.4 is 5.32 Å². The van der Waals surface area contributed by atoms with E-state index < -0.39 is 0 Å². The van der Waals surface area contributed by atoms with Gasteiger partial charge in [0, 0.05) is 12.3 Å². The van der Waals surface area contributed by atoms with Crippen LogP contribution in [0.3, 0.4) is 0 Å². The number of aliphatic hydroxyl groups excluding tert-OH is 1. The van der Waals surface area contributed by atoms with Gasteiger partial charge in [0.15, 0.2) is 0 Å². The van der Waals surface area contributed by atoms with Gasteiger partial charge >= 0.3 is 0 Å². The first-order valence-electron chi connectivity index (χ1n) is 6.23. The van der Waals surface area contributed by atoms with Crippen LogP contribution in [0, 0.1) is 17.2 Å². The number of rotatable bonds is 6. The molecule has 0 amide bonds. The fourth-order valence-corrected chi connectivity index (χ4v) is 2.62. The van der Waals surface area contributed by atoms with Gasteiger partial charge in [-0.1, -0.05) is 27.2 Å². The zero-order valence-electron chi connectivity index (χ0n) is 10.5. The Morgan fingerprint density at radius 2 is 2.25 bits per heavy atom. The second kappa shape index (κ2) is 6.04. The van der Waals surface area contributed by atoms with Gasteiger partial charge in [0.25, 0.3) is 0 Å². The fourth-order valence-electron chi connectivity index (χ4n) is 2.62. The molecule has 0 aromatic rings. The molecular formula is C13H24N2O. The van der Waals surface area contributed by atoms with E-state index in [0.717, 1.165) is 12.8 Å². The first-order valence-corrected chi connectivity index (χ1v) is 6.23. The molecule has 0 saturated heterocycles. The first-order chi connectivity index (χ1) is 7.61. The average Bonchev–Trinajstić information content (AvgIpc) is 2.62. The van der Waals surface area contributed by atoms with E-state index in [9.17, 15) is 5.11 Å². The molecule has 0 fully saturated rings. The first kappa shape index (κ1) is 13.2. The molecule has 1 aliphatic rings. The van der Waals surface area contributed by atoms with Gasteiger partial charge < -0.3 is 15.8 Å². The highest BCUT2D eigenvalue weighted by Crippen LogP contribution is 2.32. The van der Waals surface area contributed by atoms with E-state index in [0.29, 0.717) is 18.3 Å². The van der Waals surface area contributed by atoms with Crippen molar-refractivity contribution < 1.29 is 5.11 Å². The molecule has 0 saturated carbocycles. The lowest BCUT2D eigenvalue weighted by Gasteiger charge is -2.29. The molecule has 0 radical (unpaired) electrons. The maximum atomic E-state index is 10.1. The summed E-state index contributed by atoms with van der Waals surface area (Å²) in [4.78, 5) is 0. The van der Waals surface area contributed by atoms with Crippen molar-refractivity contribution in [2.24, 2.45) is 11.8 Å². The molecule has 0 spiro atoms. The lowest BCUT2D eigenvalue weighted by Crippen LogP contribution is -2.41. The standard InChI is InChI=1S/C13H24N2O/c1-4-5-11(16)13-12(9(2)3)10(6-7-14)8-15-13/h7-9,11-16H,4-6H2,1-3H3. The van der Waals surface area contributed by atoms with Crippen LogP contribution in [0.5, 0.6) is 0 Å². The van der Waals surface area contributed by atoms with Gasteiger partial charge in [-0.25, -0.2) is 0 Å². The molecule has 1 heterocycles. The highest BCUT2D eigenvalue weighted by molar-refractivity contribution is 5.58. The summed E-state index contributed by atoms with van der Waals surface area (Å²) in [5.74, 6) is 0.862. The normalized spacial score (nSPS) is 26.4. The molecular weight excluding hydrogens is 200 g/mol. The summed E-state index contributed by atoms with van der Waals surface area (Å²) >= 11 is 0. The van der Waals surface area contributed by atoms with Crippen LogP contribution in [0.4, 0.5) is 0 Å². The Morgan fingerprint density at radius 3 is 2.75 bits per heavy atom. The second-order valence-electron chi connectivity index (χ2n) is 4.95. The Morgan fingerprint density at radius 1 is 1.56 bits per heavy atom. The van der Waals surface area contributed by atoms with Crippen LogP contribution in [0.2, 0.25) is 0 Å². The number of hydrogen-bond acceptors (Lipinski definition) is 3. The zero-order valence-corrected chi connectivity index (χ0v) is 10.5. The van der Waals surface area contributed by atoms with Crippen LogP contribution >= 0.6 is 0 Å². The van der Waals surface area contributed by atoms with E-state index in [1.807, 2.05) is 6.20 Å². The Labute approximate surface area is 98.5 Å². The summed E-state index contributed by atoms with van der Waals surface area (Å²) in [5.41, 5.74) is 1.25. The third-order valence-electron chi connectivity index (χ3n) is 3.33. The zero-order chi connectivity index (χ0) is 12.1. The molecule has 3 atom stereocenters. The van der Waals surface area contributed by atoms with Gasteiger partial charge in [-0.2, -0.15) is 0 Å². The second-order valence-corrected chi connectivity index (χ2v) is 4.95. The maximum Gasteiger partial charge on any atom is 0.0746 e. The predicted molar refractivity (Wildman–Crippen MR) is 67.7 cm³/mol. The van der Waals surface area contributed by atoms with Crippen molar-refractivity contribution in [1.29, 1.82) is 5.41 Å². The Balaban J connectivity index is 2.71. The van der Waals surface area contributed by atoms with E-state index in [1.165, 1.54) is 11.8 Å². The lowest BCUT2D eigenvalue weighted by molar-refractivity contribution is 0.0984. The van der Waals surface area contributed by atoms with Gasteiger partial charge in [0.05, 0.1) is 12.1 Å². The molecule has 0 aromatic heterocycles. The Kier molecular flexibility index (Phi) is 5.00. The van der Waals surface area contributed by atoms with Crippen molar-refractivity contribution in [3.05, 3.63) is 11.8 Å². The van der Waals surface area contributed by atoms with E-state index in [1.54, 1.807) is 0 Å². The molecule has 0 aliphatic carbocycles. The smallest absolute Gasteiger partial charge is 0.0746 e. The monoisotopic (exact) mass is 224 g/mol. The van der Waals surface area contributed by atoms with Crippen LogP contribution in [0.1, 0.15) is 40.0 Å². The van der Waals surface area contributed by atoms with Gasteiger partial charge in [0.2, 0.25) is 0 Å². The lowest BCUT2D eigenvalue weighted by atomic mass is 9.81. The largest absolute Gasteiger partial charge is 0.391 e. The quantitative estimate of drug-likeness (QED) is 0.606. The maximum absolute atomic E-state index is 10.1. The van der Waals surface area contributed by atoms with Crippen LogP contribution in [-0.4, -0.2) is 23.5 Å². The Bertz CT molecular complexity index is 261. The third-order valence-corrected chi connectivity index (χ3v) is 3.33. The minimum absolute atomic E-state index is 0.134. The van der Waals surface area contributed by atoms with Crippen LogP contribution in [0.25, 0.3) is 0 Å². The van der Waals surface area contributed by atoms with Crippen LogP contribution in [0.15, 0.2) is 11.8 Å². The minimum atomic E-state index is -0.281. The van der Waals surface area contributed by atoms with Gasteiger partial charge in [-0.15, -0.1) is 0 Å². The van der Waals surface area contributed by atoms with E-state index >= 15 is 0 Å². The third kappa shape index (κ3) is 2.85. The number of hydrogen-bond donors (Lipinski definition) is 3. The summed E-state index contributed by atoms with van der Waals surface area (Å²) in [7, 11) is 0. The van der Waals surface area contributed by atoms with Gasteiger partial charge in [-0.3, -0.25) is 0 Å². The van der Waals surface area contributed by atoms with Crippen LogP contribution in [-0.2, 0) is 0 Å². The van der Waals surface area contributed by atoms with Crippen molar-refractivity contribution in [2.45, 2.75) is 52.2 Å². The van der Waals surface area contributed by atoms with E-state index in [4.69, 9.17) is 5.41 Å². The summed E-state index contributed by atoms with van der Waals surface area (Å²) < 4.78 is 0. The van der Waals surface area contributed by atoms with Gasteiger partial charge in [-0.05, 0) is 30.3 Å². The molecule has 1 rings (SSSR count). The number of nitrogens with one attached hydrogen (secondary N) is 2. The molecule has 0 aromatic carbocycles. The highest BCUT2D eigenvalue weighted by Gasteiger charge is 2.35. The molecule has 16 heavy (non-hydrogen) atoms. The molecule has 1 aliphatic heterocycles. The highest BCUT2D eigenvalue weighted by atomic mass is 16.3. The topological polar surface area (TPSA) is 56.1 Å². The molecule has 3 unspecified atom stereocenters. The van der Waals surface area contributed by atoms with Crippen molar-refractivity contribution in [3.8, 4) is 0 Å². The average molecular weight is 224 g/mol. The number of aliphatic hydroxyl groups is 1. The SMILES string of the molecule is CCCC(O)C1NC=C(CC=N)C1C(C)C.